The van der Waals surface area contributed by atoms with Crippen LogP contribution < -0.4 is 5.32 Å². The molecule has 1 N–H and O–H groups in total. The van der Waals surface area contributed by atoms with E-state index in [1.54, 1.807) is 17.5 Å². The predicted molar refractivity (Wildman–Crippen MR) is 106 cm³/mol. The van der Waals surface area contributed by atoms with E-state index in [1.165, 1.54) is 27.8 Å². The van der Waals surface area contributed by atoms with E-state index in [2.05, 4.69) is 10.3 Å². The highest BCUT2D eigenvalue weighted by molar-refractivity contribution is 7.88. The topological polar surface area (TPSA) is 106 Å². The number of ether oxygens (including phenoxy) is 1. The summed E-state index contributed by atoms with van der Waals surface area (Å²) in [5, 5.41) is 4.62. The van der Waals surface area contributed by atoms with Crippen LogP contribution >= 0.6 is 11.3 Å². The molecule has 8 nitrogen and oxygen atoms in total. The number of amides is 1. The number of anilines is 1. The number of esters is 1. The van der Waals surface area contributed by atoms with Gasteiger partial charge in [-0.25, -0.2) is 22.1 Å². The maximum atomic E-state index is 13.0. The first-order valence-electron chi connectivity index (χ1n) is 8.85. The van der Waals surface area contributed by atoms with Gasteiger partial charge in [0.25, 0.3) is 5.91 Å². The van der Waals surface area contributed by atoms with Crippen molar-refractivity contribution < 1.29 is 27.1 Å². The van der Waals surface area contributed by atoms with E-state index < -0.39 is 34.4 Å². The number of benzene rings is 1. The molecule has 0 bridgehead atoms. The van der Waals surface area contributed by atoms with Gasteiger partial charge in [-0.15, -0.1) is 11.3 Å². The number of carbonyl (C=O) groups is 2. The highest BCUT2D eigenvalue weighted by Crippen LogP contribution is 2.25. The van der Waals surface area contributed by atoms with Gasteiger partial charge in [0.15, 0.2) is 11.7 Å². The number of nitrogens with one attached hydrogen (secondary N) is 1. The average Bonchev–Trinajstić information content (AvgIpc) is 3.14. The second-order valence-corrected chi connectivity index (χ2v) is 9.48. The third-order valence-electron chi connectivity index (χ3n) is 4.49. The molecule has 3 rings (SSSR count). The maximum absolute atomic E-state index is 13.0. The van der Waals surface area contributed by atoms with Crippen molar-refractivity contribution in [3.05, 3.63) is 35.5 Å². The van der Waals surface area contributed by atoms with Crippen molar-refractivity contribution in [2.75, 3.05) is 31.3 Å². The van der Waals surface area contributed by atoms with Gasteiger partial charge in [0.1, 0.15) is 5.82 Å². The van der Waals surface area contributed by atoms with Crippen LogP contribution in [0.2, 0.25) is 0 Å². The molecule has 0 radical (unpaired) electrons. The first-order chi connectivity index (χ1) is 13.7. The van der Waals surface area contributed by atoms with Crippen LogP contribution in [0.5, 0.6) is 0 Å². The Kier molecular flexibility index (Phi) is 6.60. The minimum absolute atomic E-state index is 0.260. The molecule has 0 spiro atoms. The van der Waals surface area contributed by atoms with Crippen molar-refractivity contribution in [3.63, 3.8) is 0 Å². The fraction of sp³-hybridized carbons (Fsp3) is 0.389. The minimum atomic E-state index is -3.26. The van der Waals surface area contributed by atoms with Gasteiger partial charge in [0.05, 0.1) is 17.9 Å². The number of rotatable bonds is 6. The lowest BCUT2D eigenvalue weighted by atomic mass is 9.98. The van der Waals surface area contributed by atoms with Crippen LogP contribution in [0.3, 0.4) is 0 Å². The molecule has 1 fully saturated rings. The van der Waals surface area contributed by atoms with E-state index in [-0.39, 0.29) is 18.9 Å². The molecule has 156 valence electrons. The zero-order valence-corrected chi connectivity index (χ0v) is 17.3. The van der Waals surface area contributed by atoms with Crippen molar-refractivity contribution in [1.82, 2.24) is 9.29 Å². The van der Waals surface area contributed by atoms with Crippen LogP contribution in [0, 0.1) is 11.7 Å². The SMILES string of the molecule is CS(=O)(=O)N1CCC(C(=O)OCC(=O)Nc2nc(-c3ccc(F)cc3)cs2)CC1. The Morgan fingerprint density at radius 1 is 1.28 bits per heavy atom. The summed E-state index contributed by atoms with van der Waals surface area (Å²) in [6.07, 6.45) is 1.86. The van der Waals surface area contributed by atoms with Crippen LogP contribution in [0.25, 0.3) is 11.3 Å². The first-order valence-corrected chi connectivity index (χ1v) is 11.6. The Hall–Kier alpha value is -2.37. The highest BCUT2D eigenvalue weighted by atomic mass is 32.2. The van der Waals surface area contributed by atoms with Gasteiger partial charge in [0, 0.05) is 24.0 Å². The number of thiazole rings is 1. The molecule has 29 heavy (non-hydrogen) atoms. The van der Waals surface area contributed by atoms with Gasteiger partial charge in [-0.1, -0.05) is 0 Å². The number of halogens is 1. The second-order valence-electron chi connectivity index (χ2n) is 6.64. The zero-order chi connectivity index (χ0) is 21.0. The summed E-state index contributed by atoms with van der Waals surface area (Å²) in [4.78, 5) is 28.4. The molecule has 1 aliphatic heterocycles. The van der Waals surface area contributed by atoms with Crippen LogP contribution in [0.15, 0.2) is 29.6 Å². The Balaban J connectivity index is 1.46. The molecule has 0 aliphatic carbocycles. The summed E-state index contributed by atoms with van der Waals surface area (Å²) >= 11 is 1.20. The van der Waals surface area contributed by atoms with Crippen LogP contribution in [-0.2, 0) is 24.3 Å². The summed E-state index contributed by atoms with van der Waals surface area (Å²) in [5.41, 5.74) is 1.31. The fourth-order valence-electron chi connectivity index (χ4n) is 2.92. The molecule has 1 aromatic carbocycles. The van der Waals surface area contributed by atoms with Gasteiger partial charge in [-0.3, -0.25) is 14.9 Å². The number of carbonyl (C=O) groups excluding carboxylic acids is 2. The van der Waals surface area contributed by atoms with Gasteiger partial charge in [0.2, 0.25) is 10.0 Å². The van der Waals surface area contributed by atoms with E-state index in [0.29, 0.717) is 23.7 Å². The largest absolute Gasteiger partial charge is 0.455 e. The molecule has 0 atom stereocenters. The number of piperidine rings is 1. The number of sulfonamides is 1. The normalized spacial score (nSPS) is 15.8. The van der Waals surface area contributed by atoms with E-state index >= 15 is 0 Å². The lowest BCUT2D eigenvalue weighted by Crippen LogP contribution is -2.40. The summed E-state index contributed by atoms with van der Waals surface area (Å²) in [6.45, 7) is 0.0722. The Bertz CT molecular complexity index is 983. The molecule has 0 unspecified atom stereocenters. The van der Waals surface area contributed by atoms with Crippen LogP contribution in [-0.4, -0.2) is 55.5 Å². The summed E-state index contributed by atoms with van der Waals surface area (Å²) in [7, 11) is -3.26. The molecule has 0 saturated carbocycles. The smallest absolute Gasteiger partial charge is 0.309 e. The van der Waals surface area contributed by atoms with Crippen molar-refractivity contribution in [3.8, 4) is 11.3 Å². The molecule has 2 aromatic rings. The van der Waals surface area contributed by atoms with Crippen molar-refractivity contribution in [1.29, 1.82) is 0 Å². The molecule has 1 amide bonds. The number of hydrogen-bond acceptors (Lipinski definition) is 7. The Morgan fingerprint density at radius 2 is 1.93 bits per heavy atom. The zero-order valence-electron chi connectivity index (χ0n) is 15.6. The maximum Gasteiger partial charge on any atom is 0.309 e. The Morgan fingerprint density at radius 3 is 2.55 bits per heavy atom. The molecule has 11 heteroatoms. The monoisotopic (exact) mass is 441 g/mol. The summed E-state index contributed by atoms with van der Waals surface area (Å²) < 4.78 is 42.4. The van der Waals surface area contributed by atoms with E-state index in [0.717, 1.165) is 11.8 Å². The molecular weight excluding hydrogens is 421 g/mol. The lowest BCUT2D eigenvalue weighted by Gasteiger charge is -2.28. The van der Waals surface area contributed by atoms with E-state index in [9.17, 15) is 22.4 Å². The lowest BCUT2D eigenvalue weighted by molar-refractivity contribution is -0.152. The first kappa shape index (κ1) is 21.3. The van der Waals surface area contributed by atoms with Gasteiger partial charge in [-0.2, -0.15) is 0 Å². The van der Waals surface area contributed by atoms with Crippen molar-refractivity contribution in [2.24, 2.45) is 5.92 Å². The molecule has 1 aromatic heterocycles. The highest BCUT2D eigenvalue weighted by Gasteiger charge is 2.30. The predicted octanol–water partition coefficient (Wildman–Crippen LogP) is 2.10. The van der Waals surface area contributed by atoms with Gasteiger partial charge < -0.3 is 4.74 Å². The standard InChI is InChI=1S/C18H20FN3O5S2/c1-29(25,26)22-8-6-13(7-9-22)17(24)27-10-16(23)21-18-20-15(11-28-18)12-2-4-14(19)5-3-12/h2-5,11,13H,6-10H2,1H3,(H,20,21,23). The van der Waals surface area contributed by atoms with Gasteiger partial charge in [-0.05, 0) is 37.1 Å². The van der Waals surface area contributed by atoms with E-state index in [4.69, 9.17) is 4.74 Å². The van der Waals surface area contributed by atoms with Crippen molar-refractivity contribution in [2.45, 2.75) is 12.8 Å². The summed E-state index contributed by atoms with van der Waals surface area (Å²) in [5.74, 6) is -1.81. The summed E-state index contributed by atoms with van der Waals surface area (Å²) in [6, 6.07) is 5.83. The van der Waals surface area contributed by atoms with Gasteiger partial charge >= 0.3 is 5.97 Å². The number of hydrogen-bond donors (Lipinski definition) is 1. The molecule has 1 saturated heterocycles. The minimum Gasteiger partial charge on any atom is -0.455 e. The third-order valence-corrected chi connectivity index (χ3v) is 6.55. The van der Waals surface area contributed by atoms with E-state index in [1.807, 2.05) is 0 Å². The van der Waals surface area contributed by atoms with Crippen LogP contribution in [0.1, 0.15) is 12.8 Å². The van der Waals surface area contributed by atoms with Crippen molar-refractivity contribution >= 4 is 38.4 Å². The number of aromatic nitrogens is 1. The average molecular weight is 442 g/mol. The third kappa shape index (κ3) is 5.81. The molecule has 2 heterocycles. The number of nitrogens with zero attached hydrogens (tertiary/aromatic N) is 2. The second kappa shape index (κ2) is 8.97. The fourth-order valence-corrected chi connectivity index (χ4v) is 4.53. The molecule has 1 aliphatic rings. The Labute approximate surface area is 171 Å². The molecular formula is C18H20FN3O5S2. The van der Waals surface area contributed by atoms with Crippen LogP contribution in [0.4, 0.5) is 9.52 Å². The quantitative estimate of drug-likeness (QED) is 0.689.